The Morgan fingerprint density at radius 1 is 1.03 bits per heavy atom. The van der Waals surface area contributed by atoms with Gasteiger partial charge in [-0.1, -0.05) is 25.0 Å². The molecule has 1 amide bonds. The Hall–Kier alpha value is -2.45. The van der Waals surface area contributed by atoms with Gasteiger partial charge in [-0.05, 0) is 55.2 Å². The lowest BCUT2D eigenvalue weighted by Gasteiger charge is -2.22. The molecule has 1 heterocycles. The first-order valence-corrected chi connectivity index (χ1v) is 11.7. The van der Waals surface area contributed by atoms with Gasteiger partial charge in [0, 0.05) is 32.2 Å². The first-order chi connectivity index (χ1) is 14.3. The van der Waals surface area contributed by atoms with Gasteiger partial charge in [0.05, 0.1) is 10.6 Å². The molecule has 0 spiro atoms. The highest BCUT2D eigenvalue weighted by Crippen LogP contribution is 2.21. The molecule has 0 aliphatic carbocycles. The van der Waals surface area contributed by atoms with Crippen LogP contribution in [-0.4, -0.2) is 34.0 Å². The van der Waals surface area contributed by atoms with E-state index in [1.165, 1.54) is 50.4 Å². The van der Waals surface area contributed by atoms with Crippen LogP contribution in [0.25, 0.3) is 0 Å². The van der Waals surface area contributed by atoms with Crippen molar-refractivity contribution in [3.63, 3.8) is 0 Å². The summed E-state index contributed by atoms with van der Waals surface area (Å²) in [4.78, 5) is 13.3. The molecule has 0 bridgehead atoms. The lowest BCUT2D eigenvalue weighted by atomic mass is 10.1. The van der Waals surface area contributed by atoms with Gasteiger partial charge in [-0.3, -0.25) is 4.79 Å². The minimum Gasteiger partial charge on any atom is -0.372 e. The van der Waals surface area contributed by atoms with Crippen LogP contribution in [0.3, 0.4) is 0 Å². The van der Waals surface area contributed by atoms with Crippen molar-refractivity contribution < 1.29 is 17.6 Å². The average molecular weight is 434 g/mol. The summed E-state index contributed by atoms with van der Waals surface area (Å²) in [6.45, 7) is 3.62. The number of hydrogen-bond acceptors (Lipinski definition) is 4. The summed E-state index contributed by atoms with van der Waals surface area (Å²) in [5.41, 5.74) is 2.19. The number of carbonyl (C=O) groups excluding carboxylic acids is 1. The van der Waals surface area contributed by atoms with Gasteiger partial charge in [-0.25, -0.2) is 17.5 Å². The smallest absolute Gasteiger partial charge is 0.240 e. The quantitative estimate of drug-likeness (QED) is 0.698. The second kappa shape index (κ2) is 10.0. The zero-order valence-electron chi connectivity index (χ0n) is 17.2. The molecule has 0 saturated carbocycles. The van der Waals surface area contributed by atoms with E-state index < -0.39 is 21.7 Å². The maximum absolute atomic E-state index is 14.0. The van der Waals surface area contributed by atoms with Crippen LogP contribution in [0.4, 0.5) is 15.8 Å². The zero-order valence-corrected chi connectivity index (χ0v) is 18.0. The molecule has 6 nitrogen and oxygen atoms in total. The van der Waals surface area contributed by atoms with Gasteiger partial charge in [0.15, 0.2) is 0 Å². The van der Waals surface area contributed by atoms with Crippen molar-refractivity contribution in [3.8, 4) is 0 Å². The van der Waals surface area contributed by atoms with Crippen molar-refractivity contribution >= 4 is 27.3 Å². The average Bonchev–Trinajstić information content (AvgIpc) is 2.99. The van der Waals surface area contributed by atoms with Gasteiger partial charge < -0.3 is 10.2 Å². The van der Waals surface area contributed by atoms with Crippen LogP contribution in [0.1, 0.15) is 38.2 Å². The van der Waals surface area contributed by atoms with Crippen molar-refractivity contribution in [1.29, 1.82) is 0 Å². The molecular formula is C22H28FN3O3S. The van der Waals surface area contributed by atoms with Crippen LogP contribution in [0.15, 0.2) is 47.4 Å². The Morgan fingerprint density at radius 2 is 1.70 bits per heavy atom. The third-order valence-corrected chi connectivity index (χ3v) is 6.63. The summed E-state index contributed by atoms with van der Waals surface area (Å²) in [5.74, 6) is -1.22. The summed E-state index contributed by atoms with van der Waals surface area (Å²) in [6, 6.07) is 11.6. The molecule has 1 fully saturated rings. The molecule has 1 aliphatic rings. The van der Waals surface area contributed by atoms with Crippen molar-refractivity contribution in [3.05, 3.63) is 53.8 Å². The minimum atomic E-state index is -3.84. The molecule has 2 aromatic rings. The summed E-state index contributed by atoms with van der Waals surface area (Å²) in [7, 11) is -3.84. The number of carbonyl (C=O) groups is 1. The van der Waals surface area contributed by atoms with Crippen molar-refractivity contribution in [2.24, 2.45) is 0 Å². The van der Waals surface area contributed by atoms with E-state index in [-0.39, 0.29) is 17.1 Å². The van der Waals surface area contributed by atoms with E-state index in [0.29, 0.717) is 6.42 Å². The normalized spacial score (nSPS) is 14.9. The Labute approximate surface area is 177 Å². The number of nitrogens with zero attached hydrogens (tertiary/aromatic N) is 1. The second-order valence-corrected chi connectivity index (χ2v) is 9.31. The Morgan fingerprint density at radius 3 is 2.30 bits per heavy atom. The fraction of sp³-hybridized carbons (Fsp3) is 0.409. The van der Waals surface area contributed by atoms with Crippen molar-refractivity contribution in [2.75, 3.05) is 29.9 Å². The number of halogens is 1. The molecule has 2 aromatic carbocycles. The number of nitrogens with one attached hydrogen (secondary N) is 2. The van der Waals surface area contributed by atoms with Gasteiger partial charge in [0.1, 0.15) is 5.82 Å². The van der Waals surface area contributed by atoms with Crippen molar-refractivity contribution in [1.82, 2.24) is 4.72 Å². The third-order valence-electron chi connectivity index (χ3n) is 5.17. The molecule has 0 aromatic heterocycles. The number of amides is 1. The predicted molar refractivity (Wildman–Crippen MR) is 117 cm³/mol. The number of rotatable bonds is 7. The SMILES string of the molecule is CC(=O)Nc1ccc(S(=O)(=O)NCCc2ccc(N3CCCCCC3)cc2)cc1F. The molecule has 1 saturated heterocycles. The van der Waals surface area contributed by atoms with E-state index >= 15 is 0 Å². The lowest BCUT2D eigenvalue weighted by molar-refractivity contribution is -0.114. The Kier molecular flexibility index (Phi) is 7.44. The molecule has 1 aliphatic heterocycles. The third kappa shape index (κ3) is 6.03. The van der Waals surface area contributed by atoms with E-state index in [0.717, 1.165) is 24.7 Å². The van der Waals surface area contributed by atoms with E-state index in [9.17, 15) is 17.6 Å². The number of hydrogen-bond donors (Lipinski definition) is 2. The monoisotopic (exact) mass is 433 g/mol. The zero-order chi connectivity index (χ0) is 21.6. The van der Waals surface area contributed by atoms with Gasteiger partial charge in [0.25, 0.3) is 0 Å². The topological polar surface area (TPSA) is 78.5 Å². The van der Waals surface area contributed by atoms with Crippen LogP contribution in [0, 0.1) is 5.82 Å². The lowest BCUT2D eigenvalue weighted by Crippen LogP contribution is -2.26. The summed E-state index contributed by atoms with van der Waals surface area (Å²) >= 11 is 0. The number of anilines is 2. The first kappa shape index (κ1) is 22.2. The van der Waals surface area contributed by atoms with Gasteiger partial charge >= 0.3 is 0 Å². The first-order valence-electron chi connectivity index (χ1n) is 10.3. The molecule has 0 radical (unpaired) electrons. The highest BCUT2D eigenvalue weighted by Gasteiger charge is 2.16. The number of benzene rings is 2. The van der Waals surface area contributed by atoms with E-state index in [2.05, 4.69) is 27.1 Å². The molecule has 162 valence electrons. The molecule has 30 heavy (non-hydrogen) atoms. The fourth-order valence-corrected chi connectivity index (χ4v) is 4.61. The molecule has 0 atom stereocenters. The minimum absolute atomic E-state index is 0.0500. The summed E-state index contributed by atoms with van der Waals surface area (Å²) in [5, 5.41) is 2.32. The molecule has 0 unspecified atom stereocenters. The summed E-state index contributed by atoms with van der Waals surface area (Å²) < 4.78 is 41.4. The van der Waals surface area contributed by atoms with Gasteiger partial charge in [0.2, 0.25) is 15.9 Å². The fourth-order valence-electron chi connectivity index (χ4n) is 3.57. The van der Waals surface area contributed by atoms with E-state index in [4.69, 9.17) is 0 Å². The van der Waals surface area contributed by atoms with Gasteiger partial charge in [-0.2, -0.15) is 0 Å². The predicted octanol–water partition coefficient (Wildman–Crippen LogP) is 3.69. The second-order valence-electron chi connectivity index (χ2n) is 7.54. The Balaban J connectivity index is 1.56. The van der Waals surface area contributed by atoms with Crippen LogP contribution in [-0.2, 0) is 21.2 Å². The van der Waals surface area contributed by atoms with Crippen LogP contribution < -0.4 is 14.9 Å². The van der Waals surface area contributed by atoms with Gasteiger partial charge in [-0.15, -0.1) is 0 Å². The van der Waals surface area contributed by atoms with E-state index in [1.807, 2.05) is 12.1 Å². The molecule has 3 rings (SSSR count). The summed E-state index contributed by atoms with van der Waals surface area (Å²) in [6.07, 6.45) is 5.54. The highest BCUT2D eigenvalue weighted by atomic mass is 32.2. The molecular weight excluding hydrogens is 405 g/mol. The Bertz CT molecular complexity index is 970. The van der Waals surface area contributed by atoms with Crippen LogP contribution in [0.5, 0.6) is 0 Å². The highest BCUT2D eigenvalue weighted by molar-refractivity contribution is 7.89. The van der Waals surface area contributed by atoms with Crippen LogP contribution >= 0.6 is 0 Å². The van der Waals surface area contributed by atoms with Crippen LogP contribution in [0.2, 0.25) is 0 Å². The van der Waals surface area contributed by atoms with Crippen molar-refractivity contribution in [2.45, 2.75) is 43.9 Å². The largest absolute Gasteiger partial charge is 0.372 e. The molecule has 8 heteroatoms. The maximum atomic E-state index is 14.0. The van der Waals surface area contributed by atoms with E-state index in [1.54, 1.807) is 0 Å². The molecule has 2 N–H and O–H groups in total. The standard InChI is InChI=1S/C22H28FN3O3S/c1-17(27)25-22-11-10-20(16-21(22)23)30(28,29)24-13-12-18-6-8-19(9-7-18)26-14-4-2-3-5-15-26/h6-11,16,24H,2-5,12-15H2,1H3,(H,25,27). The number of sulfonamides is 1. The maximum Gasteiger partial charge on any atom is 0.240 e.